The molecule has 0 radical (unpaired) electrons. The lowest BCUT2D eigenvalue weighted by Gasteiger charge is -2.13. The van der Waals surface area contributed by atoms with Crippen molar-refractivity contribution in [3.05, 3.63) is 57.1 Å². The minimum absolute atomic E-state index is 0.0568. The number of aromatic carboxylic acids is 1. The monoisotopic (exact) mass is 325 g/mol. The van der Waals surface area contributed by atoms with Crippen molar-refractivity contribution in [1.29, 1.82) is 0 Å². The Morgan fingerprint density at radius 3 is 2.67 bits per heavy atom. The van der Waals surface area contributed by atoms with Crippen molar-refractivity contribution in [1.82, 2.24) is 0 Å². The van der Waals surface area contributed by atoms with Crippen LogP contribution in [-0.2, 0) is 6.61 Å². The summed E-state index contributed by atoms with van der Waals surface area (Å²) >= 11 is 12.2. The lowest BCUT2D eigenvalue weighted by Crippen LogP contribution is -2.03. The van der Waals surface area contributed by atoms with Crippen molar-refractivity contribution in [3.63, 3.8) is 0 Å². The van der Waals surface area contributed by atoms with Crippen LogP contribution in [0.15, 0.2) is 30.3 Å². The summed E-state index contributed by atoms with van der Waals surface area (Å²) in [7, 11) is 0. The first-order chi connectivity index (χ1) is 9.90. The van der Waals surface area contributed by atoms with E-state index in [1.54, 1.807) is 19.1 Å². The maximum absolute atomic E-state index is 11.1. The highest BCUT2D eigenvalue weighted by molar-refractivity contribution is 6.38. The van der Waals surface area contributed by atoms with Gasteiger partial charge in [-0.25, -0.2) is 4.79 Å². The van der Waals surface area contributed by atoms with Crippen LogP contribution in [-0.4, -0.2) is 11.1 Å². The Bertz CT molecular complexity index is 702. The summed E-state index contributed by atoms with van der Waals surface area (Å²) in [5.74, 6) is -0.818. The number of nitrogens with two attached hydrogens (primary N) is 1. The van der Waals surface area contributed by atoms with Crippen molar-refractivity contribution in [2.45, 2.75) is 13.5 Å². The molecule has 0 amide bonds. The molecular formula is C15H13Cl2NO3. The predicted molar refractivity (Wildman–Crippen MR) is 83.3 cm³/mol. The molecule has 110 valence electrons. The Labute approximate surface area is 132 Å². The smallest absolute Gasteiger partial charge is 0.336 e. The number of carboxylic acid groups (broad SMARTS) is 1. The fourth-order valence-electron chi connectivity index (χ4n) is 1.89. The molecule has 2 rings (SSSR count). The number of halogens is 2. The molecule has 4 nitrogen and oxygen atoms in total. The summed E-state index contributed by atoms with van der Waals surface area (Å²) in [5.41, 5.74) is 7.65. The molecule has 2 aromatic rings. The van der Waals surface area contributed by atoms with Crippen molar-refractivity contribution in [3.8, 4) is 5.75 Å². The molecule has 0 fully saturated rings. The normalized spacial score (nSPS) is 10.4. The van der Waals surface area contributed by atoms with E-state index >= 15 is 0 Å². The maximum Gasteiger partial charge on any atom is 0.336 e. The molecule has 2 aromatic carbocycles. The zero-order chi connectivity index (χ0) is 15.6. The van der Waals surface area contributed by atoms with Gasteiger partial charge in [0, 0.05) is 5.69 Å². The second-order valence-electron chi connectivity index (χ2n) is 4.51. The molecule has 0 saturated heterocycles. The van der Waals surface area contributed by atoms with Crippen LogP contribution in [0.2, 0.25) is 10.0 Å². The average molecular weight is 326 g/mol. The maximum atomic E-state index is 11.1. The third-order valence-electron chi connectivity index (χ3n) is 2.99. The Morgan fingerprint density at radius 2 is 2.05 bits per heavy atom. The summed E-state index contributed by atoms with van der Waals surface area (Å²) in [5, 5.41) is 9.43. The van der Waals surface area contributed by atoms with Gasteiger partial charge < -0.3 is 15.6 Å². The van der Waals surface area contributed by atoms with Crippen molar-refractivity contribution in [2.75, 3.05) is 5.73 Å². The van der Waals surface area contributed by atoms with Crippen LogP contribution in [0.1, 0.15) is 21.5 Å². The predicted octanol–water partition coefficient (Wildman–Crippen LogP) is 4.16. The van der Waals surface area contributed by atoms with E-state index in [-0.39, 0.29) is 28.0 Å². The number of carbonyl (C=O) groups is 1. The Balaban J connectivity index is 2.29. The second kappa shape index (κ2) is 6.24. The fraction of sp³-hybridized carbons (Fsp3) is 0.133. The van der Waals surface area contributed by atoms with Crippen molar-refractivity contribution < 1.29 is 14.6 Å². The first kappa shape index (κ1) is 15.5. The Morgan fingerprint density at radius 1 is 1.33 bits per heavy atom. The summed E-state index contributed by atoms with van der Waals surface area (Å²) < 4.78 is 5.61. The molecule has 3 N–H and O–H groups in total. The van der Waals surface area contributed by atoms with Gasteiger partial charge in [0.05, 0.1) is 15.6 Å². The third kappa shape index (κ3) is 3.40. The van der Waals surface area contributed by atoms with Crippen LogP contribution in [0, 0.1) is 6.92 Å². The molecule has 0 aromatic heterocycles. The first-order valence-electron chi connectivity index (χ1n) is 6.09. The molecule has 0 bridgehead atoms. The number of rotatable bonds is 4. The lowest BCUT2D eigenvalue weighted by atomic mass is 10.1. The van der Waals surface area contributed by atoms with Gasteiger partial charge in [0.1, 0.15) is 6.61 Å². The average Bonchev–Trinajstić information content (AvgIpc) is 2.42. The van der Waals surface area contributed by atoms with Gasteiger partial charge in [0.2, 0.25) is 0 Å². The highest BCUT2D eigenvalue weighted by Gasteiger charge is 2.18. The highest BCUT2D eigenvalue weighted by atomic mass is 35.5. The molecule has 0 saturated carbocycles. The van der Waals surface area contributed by atoms with Crippen LogP contribution in [0.5, 0.6) is 5.75 Å². The zero-order valence-electron chi connectivity index (χ0n) is 11.2. The molecule has 21 heavy (non-hydrogen) atoms. The van der Waals surface area contributed by atoms with Crippen LogP contribution >= 0.6 is 23.2 Å². The van der Waals surface area contributed by atoms with E-state index < -0.39 is 5.97 Å². The van der Waals surface area contributed by atoms with Gasteiger partial charge in [0.25, 0.3) is 0 Å². The minimum Gasteiger partial charge on any atom is -0.486 e. The first-order valence-corrected chi connectivity index (χ1v) is 6.85. The standard InChI is InChI=1S/C15H13Cl2NO3/c1-8-11(15(19)20)6-12(16)14(13(8)17)21-7-9-3-2-4-10(18)5-9/h2-6H,7,18H2,1H3,(H,19,20). The van der Waals surface area contributed by atoms with E-state index in [0.717, 1.165) is 5.56 Å². The number of benzene rings is 2. The van der Waals surface area contributed by atoms with Crippen molar-refractivity contribution >= 4 is 34.9 Å². The number of hydrogen-bond acceptors (Lipinski definition) is 3. The van der Waals surface area contributed by atoms with Gasteiger partial charge >= 0.3 is 5.97 Å². The summed E-state index contributed by atoms with van der Waals surface area (Å²) in [6.45, 7) is 1.84. The van der Waals surface area contributed by atoms with Crippen LogP contribution < -0.4 is 10.5 Å². The number of anilines is 1. The van der Waals surface area contributed by atoms with Crippen LogP contribution in [0.25, 0.3) is 0 Å². The van der Waals surface area contributed by atoms with Gasteiger partial charge in [-0.05, 0) is 36.2 Å². The Hall–Kier alpha value is -1.91. The molecule has 0 unspecified atom stereocenters. The number of ether oxygens (including phenoxy) is 1. The van der Waals surface area contributed by atoms with E-state index in [9.17, 15) is 4.79 Å². The quantitative estimate of drug-likeness (QED) is 0.828. The van der Waals surface area contributed by atoms with Crippen LogP contribution in [0.4, 0.5) is 5.69 Å². The summed E-state index contributed by atoms with van der Waals surface area (Å²) in [6, 6.07) is 8.56. The second-order valence-corrected chi connectivity index (χ2v) is 5.30. The molecular weight excluding hydrogens is 313 g/mol. The topological polar surface area (TPSA) is 72.5 Å². The number of nitrogen functional groups attached to an aromatic ring is 1. The molecule has 0 atom stereocenters. The number of carboxylic acids is 1. The van der Waals surface area contributed by atoms with Gasteiger partial charge in [-0.15, -0.1) is 0 Å². The van der Waals surface area contributed by atoms with Gasteiger partial charge in [0.15, 0.2) is 5.75 Å². The molecule has 6 heteroatoms. The lowest BCUT2D eigenvalue weighted by molar-refractivity contribution is 0.0696. The van der Waals surface area contributed by atoms with Gasteiger partial charge in [-0.3, -0.25) is 0 Å². The highest BCUT2D eigenvalue weighted by Crippen LogP contribution is 2.38. The summed E-state index contributed by atoms with van der Waals surface area (Å²) in [6.07, 6.45) is 0. The van der Waals surface area contributed by atoms with E-state index in [2.05, 4.69) is 0 Å². The van der Waals surface area contributed by atoms with Crippen molar-refractivity contribution in [2.24, 2.45) is 0 Å². The van der Waals surface area contributed by atoms with Gasteiger partial charge in [-0.2, -0.15) is 0 Å². The van der Waals surface area contributed by atoms with Crippen LogP contribution in [0.3, 0.4) is 0 Å². The molecule has 0 aliphatic heterocycles. The van der Waals surface area contributed by atoms with E-state index in [4.69, 9.17) is 38.8 Å². The van der Waals surface area contributed by atoms with E-state index in [1.165, 1.54) is 6.07 Å². The molecule has 0 heterocycles. The van der Waals surface area contributed by atoms with Gasteiger partial charge in [-0.1, -0.05) is 35.3 Å². The summed E-state index contributed by atoms with van der Waals surface area (Å²) in [4.78, 5) is 11.1. The third-order valence-corrected chi connectivity index (χ3v) is 3.72. The Kier molecular flexibility index (Phi) is 4.60. The fourth-order valence-corrected chi connectivity index (χ4v) is 2.45. The SMILES string of the molecule is Cc1c(C(=O)O)cc(Cl)c(OCc2cccc(N)c2)c1Cl. The zero-order valence-corrected chi connectivity index (χ0v) is 12.7. The largest absolute Gasteiger partial charge is 0.486 e. The molecule has 0 spiro atoms. The number of hydrogen-bond donors (Lipinski definition) is 2. The molecule has 0 aliphatic rings. The van der Waals surface area contributed by atoms with E-state index in [1.807, 2.05) is 12.1 Å². The molecule has 0 aliphatic carbocycles. The van der Waals surface area contributed by atoms with E-state index in [0.29, 0.717) is 11.3 Å². The minimum atomic E-state index is -1.08.